The number of alkyl halides is 6. The normalized spacial score (nSPS) is 12.0. The van der Waals surface area contributed by atoms with E-state index in [2.05, 4.69) is 15.4 Å². The zero-order chi connectivity index (χ0) is 21.9. The van der Waals surface area contributed by atoms with Crippen molar-refractivity contribution in [1.82, 2.24) is 15.4 Å². The molecule has 0 aliphatic rings. The first-order valence-corrected chi connectivity index (χ1v) is 8.35. The van der Waals surface area contributed by atoms with Crippen molar-refractivity contribution in [2.45, 2.75) is 25.6 Å². The van der Waals surface area contributed by atoms with E-state index in [0.717, 1.165) is 0 Å². The Kier molecular flexibility index (Phi) is 5.80. The van der Waals surface area contributed by atoms with Crippen molar-refractivity contribution in [2.75, 3.05) is 0 Å². The predicted molar refractivity (Wildman–Crippen MR) is 91.5 cm³/mol. The lowest BCUT2D eigenvalue weighted by Gasteiger charge is -2.16. The Morgan fingerprint density at radius 2 is 1.70 bits per heavy atom. The average molecular weight is 426 g/mol. The monoisotopic (exact) mass is 426 g/mol. The topological polar surface area (TPSA) is 74.6 Å². The summed E-state index contributed by atoms with van der Waals surface area (Å²) in [4.78, 5) is 0. The van der Waals surface area contributed by atoms with Gasteiger partial charge in [-0.25, -0.2) is 0 Å². The number of nitrogens with zero attached hydrogens (tertiary/aromatic N) is 3. The van der Waals surface area contributed by atoms with Crippen LogP contribution in [0.5, 0.6) is 0 Å². The fourth-order valence-corrected chi connectivity index (χ4v) is 2.76. The molecule has 0 saturated heterocycles. The summed E-state index contributed by atoms with van der Waals surface area (Å²) >= 11 is 0. The maximum absolute atomic E-state index is 13.1. The van der Waals surface area contributed by atoms with Crippen LogP contribution in [0, 0.1) is 11.3 Å². The molecular formula is C19H12F6N4O. The van der Waals surface area contributed by atoms with Crippen molar-refractivity contribution in [1.29, 1.82) is 5.26 Å². The van der Waals surface area contributed by atoms with E-state index in [9.17, 15) is 26.3 Å². The number of H-pyrrole nitrogens is 1. The Morgan fingerprint density at radius 1 is 0.933 bits per heavy atom. The summed E-state index contributed by atoms with van der Waals surface area (Å²) in [6.45, 7) is -0.836. The molecule has 156 valence electrons. The number of halogens is 6. The van der Waals surface area contributed by atoms with Crippen LogP contribution in [-0.4, -0.2) is 15.4 Å². The highest BCUT2D eigenvalue weighted by Gasteiger charge is 2.36. The number of nitrogens with one attached hydrogen (secondary N) is 1. The second-order valence-electron chi connectivity index (χ2n) is 6.19. The third kappa shape index (κ3) is 4.77. The fraction of sp³-hybridized carbons (Fsp3) is 0.211. The summed E-state index contributed by atoms with van der Waals surface area (Å²) in [7, 11) is 0. The summed E-state index contributed by atoms with van der Waals surface area (Å²) in [5, 5.41) is 18.9. The lowest BCUT2D eigenvalue weighted by molar-refractivity contribution is -0.142. The van der Waals surface area contributed by atoms with Crippen molar-refractivity contribution in [3.63, 3.8) is 0 Å². The van der Waals surface area contributed by atoms with Gasteiger partial charge in [-0.05, 0) is 35.4 Å². The molecule has 3 rings (SSSR count). The molecule has 11 heteroatoms. The number of aromatic nitrogens is 3. The Labute approximate surface area is 165 Å². The quantitative estimate of drug-likeness (QED) is 0.577. The van der Waals surface area contributed by atoms with E-state index >= 15 is 0 Å². The third-order valence-corrected chi connectivity index (χ3v) is 4.12. The van der Waals surface area contributed by atoms with Crippen LogP contribution in [0.3, 0.4) is 0 Å². The number of nitriles is 1. The highest BCUT2D eigenvalue weighted by molar-refractivity contribution is 5.64. The van der Waals surface area contributed by atoms with Gasteiger partial charge in [0.25, 0.3) is 0 Å². The van der Waals surface area contributed by atoms with Crippen LogP contribution in [0.4, 0.5) is 26.3 Å². The second kappa shape index (κ2) is 8.16. The summed E-state index contributed by atoms with van der Waals surface area (Å²) in [6, 6.07) is 9.57. The molecule has 0 bridgehead atoms. The molecule has 0 spiro atoms. The number of aromatic amines is 1. The average Bonchev–Trinajstić information content (AvgIpc) is 3.15. The van der Waals surface area contributed by atoms with Gasteiger partial charge in [0.2, 0.25) is 0 Å². The Bertz CT molecular complexity index is 1080. The van der Waals surface area contributed by atoms with E-state index in [1.165, 1.54) is 0 Å². The molecule has 0 unspecified atom stereocenters. The molecule has 3 aromatic rings. The van der Waals surface area contributed by atoms with Gasteiger partial charge >= 0.3 is 12.4 Å². The van der Waals surface area contributed by atoms with E-state index in [4.69, 9.17) is 10.00 Å². The van der Waals surface area contributed by atoms with Crippen molar-refractivity contribution >= 4 is 0 Å². The van der Waals surface area contributed by atoms with Crippen LogP contribution >= 0.6 is 0 Å². The van der Waals surface area contributed by atoms with Crippen LogP contribution in [0.15, 0.2) is 42.5 Å². The van der Waals surface area contributed by atoms with E-state index in [-0.39, 0.29) is 18.0 Å². The highest BCUT2D eigenvalue weighted by atomic mass is 19.4. The molecule has 0 aliphatic heterocycles. The molecule has 1 heterocycles. The van der Waals surface area contributed by atoms with Gasteiger partial charge in [0, 0.05) is 5.56 Å². The minimum Gasteiger partial charge on any atom is -0.372 e. The molecule has 5 nitrogen and oxygen atoms in total. The number of hydrogen-bond donors (Lipinski definition) is 1. The van der Waals surface area contributed by atoms with Crippen LogP contribution in [0.2, 0.25) is 0 Å². The molecule has 0 radical (unpaired) electrons. The number of benzene rings is 2. The first-order chi connectivity index (χ1) is 14.1. The van der Waals surface area contributed by atoms with Gasteiger partial charge in [-0.3, -0.25) is 0 Å². The second-order valence-corrected chi connectivity index (χ2v) is 6.19. The minimum absolute atomic E-state index is 0.0619. The first kappa shape index (κ1) is 21.3. The molecule has 0 aliphatic carbocycles. The molecule has 1 N–H and O–H groups in total. The number of ether oxygens (including phenoxy) is 1. The van der Waals surface area contributed by atoms with E-state index in [1.807, 2.05) is 6.07 Å². The van der Waals surface area contributed by atoms with Gasteiger partial charge in [-0.1, -0.05) is 18.2 Å². The van der Waals surface area contributed by atoms with Gasteiger partial charge in [0.1, 0.15) is 11.8 Å². The van der Waals surface area contributed by atoms with Gasteiger partial charge < -0.3 is 4.74 Å². The summed E-state index contributed by atoms with van der Waals surface area (Å²) in [5.74, 6) is 0. The highest BCUT2D eigenvalue weighted by Crippen LogP contribution is 2.37. The number of hydrogen-bond acceptors (Lipinski definition) is 4. The molecule has 2 aromatic carbocycles. The Balaban J connectivity index is 1.78. The predicted octanol–water partition coefficient (Wildman–Crippen LogP) is 5.10. The summed E-state index contributed by atoms with van der Waals surface area (Å²) in [6.07, 6.45) is -9.59. The van der Waals surface area contributed by atoms with Crippen LogP contribution in [0.1, 0.15) is 27.9 Å². The van der Waals surface area contributed by atoms with Crippen LogP contribution < -0.4 is 0 Å². The summed E-state index contributed by atoms with van der Waals surface area (Å²) in [5.41, 5.74) is -1.59. The molecule has 0 amide bonds. The fourth-order valence-electron chi connectivity index (χ4n) is 2.76. The molecule has 0 atom stereocenters. The van der Waals surface area contributed by atoms with Crippen molar-refractivity contribution < 1.29 is 31.1 Å². The SMILES string of the molecule is N#Cc1n[nH]nc1-c1cccc(COCc2cc(C(F)(F)F)ccc2C(F)(F)F)c1. The van der Waals surface area contributed by atoms with E-state index in [0.29, 0.717) is 29.3 Å². The Morgan fingerprint density at radius 3 is 2.37 bits per heavy atom. The van der Waals surface area contributed by atoms with Crippen LogP contribution in [0.25, 0.3) is 11.3 Å². The minimum atomic E-state index is -4.82. The third-order valence-electron chi connectivity index (χ3n) is 4.12. The lowest BCUT2D eigenvalue weighted by atomic mass is 10.0. The standard InChI is InChI=1S/C19H12F6N4O/c20-18(21,22)14-4-5-15(19(23,24)25)13(7-14)10-30-9-11-2-1-3-12(6-11)17-16(8-26)27-29-28-17/h1-7H,9-10H2,(H,27,28,29). The van der Waals surface area contributed by atoms with Gasteiger partial charge in [-0.15, -0.1) is 5.10 Å². The maximum atomic E-state index is 13.1. The van der Waals surface area contributed by atoms with Crippen molar-refractivity contribution in [2.24, 2.45) is 0 Å². The van der Waals surface area contributed by atoms with Crippen molar-refractivity contribution in [3.8, 4) is 17.3 Å². The van der Waals surface area contributed by atoms with Gasteiger partial charge in [0.15, 0.2) is 5.69 Å². The molecule has 30 heavy (non-hydrogen) atoms. The van der Waals surface area contributed by atoms with Crippen LogP contribution in [-0.2, 0) is 30.3 Å². The van der Waals surface area contributed by atoms with Gasteiger partial charge in [-0.2, -0.15) is 41.9 Å². The zero-order valence-electron chi connectivity index (χ0n) is 15.0. The zero-order valence-corrected chi connectivity index (χ0v) is 15.0. The largest absolute Gasteiger partial charge is 0.416 e. The van der Waals surface area contributed by atoms with Gasteiger partial charge in [0.05, 0.1) is 24.3 Å². The molecular weight excluding hydrogens is 414 g/mol. The number of rotatable bonds is 5. The Hall–Kier alpha value is -3.39. The first-order valence-electron chi connectivity index (χ1n) is 8.35. The van der Waals surface area contributed by atoms with E-state index in [1.54, 1.807) is 24.3 Å². The molecule has 0 fully saturated rings. The maximum Gasteiger partial charge on any atom is 0.416 e. The summed E-state index contributed by atoms with van der Waals surface area (Å²) < 4.78 is 83.2. The smallest absolute Gasteiger partial charge is 0.372 e. The lowest BCUT2D eigenvalue weighted by Crippen LogP contribution is -2.13. The molecule has 1 aromatic heterocycles. The molecule has 0 saturated carbocycles. The van der Waals surface area contributed by atoms with E-state index < -0.39 is 35.6 Å². The van der Waals surface area contributed by atoms with Crippen molar-refractivity contribution in [3.05, 3.63) is 70.4 Å².